The smallest absolute Gasteiger partial charge is 0.367 e. The third-order valence-electron chi connectivity index (χ3n) is 4.95. The maximum absolute atomic E-state index is 12.9. The van der Waals surface area contributed by atoms with Gasteiger partial charge >= 0.3 is 6.18 Å². The van der Waals surface area contributed by atoms with Gasteiger partial charge in [-0.1, -0.05) is 25.1 Å². The minimum atomic E-state index is -4.47. The molecule has 4 rings (SSSR count). The van der Waals surface area contributed by atoms with Gasteiger partial charge in [0.1, 0.15) is 5.69 Å². The molecule has 0 atom stereocenters. The van der Waals surface area contributed by atoms with Crippen LogP contribution in [0.5, 0.6) is 0 Å². The van der Waals surface area contributed by atoms with Crippen molar-refractivity contribution in [2.75, 3.05) is 36.0 Å². The van der Waals surface area contributed by atoms with Gasteiger partial charge in [0.2, 0.25) is 5.95 Å². The highest BCUT2D eigenvalue weighted by Crippen LogP contribution is 2.30. The molecule has 1 aliphatic rings. The summed E-state index contributed by atoms with van der Waals surface area (Å²) >= 11 is 0. The molecule has 1 fully saturated rings. The highest BCUT2D eigenvalue weighted by molar-refractivity contribution is 5.92. The van der Waals surface area contributed by atoms with E-state index in [1.807, 2.05) is 18.2 Å². The third-order valence-corrected chi connectivity index (χ3v) is 4.95. The molecular formula is C20H20F3N5. The van der Waals surface area contributed by atoms with E-state index in [9.17, 15) is 13.2 Å². The zero-order valence-corrected chi connectivity index (χ0v) is 15.4. The van der Waals surface area contributed by atoms with Crippen LogP contribution in [-0.4, -0.2) is 41.1 Å². The van der Waals surface area contributed by atoms with Crippen molar-refractivity contribution in [1.82, 2.24) is 15.0 Å². The van der Waals surface area contributed by atoms with Gasteiger partial charge in [-0.25, -0.2) is 9.97 Å². The Labute approximate surface area is 160 Å². The molecule has 3 heterocycles. The van der Waals surface area contributed by atoms with E-state index in [1.54, 1.807) is 4.90 Å². The van der Waals surface area contributed by atoms with E-state index in [2.05, 4.69) is 38.9 Å². The number of benzene rings is 1. The largest absolute Gasteiger partial charge is 0.433 e. The number of halogens is 3. The topological polar surface area (TPSA) is 45.2 Å². The predicted octanol–water partition coefficient (Wildman–Crippen LogP) is 3.93. The van der Waals surface area contributed by atoms with Crippen LogP contribution in [0.1, 0.15) is 18.3 Å². The van der Waals surface area contributed by atoms with E-state index in [4.69, 9.17) is 0 Å². The second-order valence-electron chi connectivity index (χ2n) is 6.72. The zero-order chi connectivity index (χ0) is 19.7. The lowest BCUT2D eigenvalue weighted by atomic mass is 10.1. The molecule has 0 radical (unpaired) electrons. The predicted molar refractivity (Wildman–Crippen MR) is 103 cm³/mol. The van der Waals surface area contributed by atoms with Gasteiger partial charge in [0.15, 0.2) is 0 Å². The van der Waals surface area contributed by atoms with E-state index in [0.29, 0.717) is 26.2 Å². The highest BCUT2D eigenvalue weighted by Gasteiger charge is 2.33. The Morgan fingerprint density at radius 2 is 1.68 bits per heavy atom. The molecule has 8 heteroatoms. The summed E-state index contributed by atoms with van der Waals surface area (Å²) in [5, 5.41) is 1.09. The number of hydrogen-bond acceptors (Lipinski definition) is 5. The normalized spacial score (nSPS) is 15.3. The minimum absolute atomic E-state index is 0.128. The lowest BCUT2D eigenvalue weighted by molar-refractivity contribution is -0.141. The van der Waals surface area contributed by atoms with Gasteiger partial charge in [0.25, 0.3) is 0 Å². The number of anilines is 2. The molecule has 0 spiro atoms. The standard InChI is InChI=1S/C20H20F3N5/c1-2-14-13-17(15-5-3-4-6-16(15)25-14)27-9-11-28(12-10-27)19-24-8-7-18(26-19)20(21,22)23/h3-8,13H,2,9-12H2,1H3. The first-order valence-electron chi connectivity index (χ1n) is 9.24. The van der Waals surface area contributed by atoms with Gasteiger partial charge in [0, 0.05) is 49.1 Å². The molecule has 0 amide bonds. The van der Waals surface area contributed by atoms with Crippen molar-refractivity contribution < 1.29 is 13.2 Å². The van der Waals surface area contributed by atoms with E-state index >= 15 is 0 Å². The van der Waals surface area contributed by atoms with Crippen LogP contribution in [0.3, 0.4) is 0 Å². The van der Waals surface area contributed by atoms with E-state index in [0.717, 1.165) is 34.8 Å². The van der Waals surface area contributed by atoms with E-state index < -0.39 is 11.9 Å². The van der Waals surface area contributed by atoms with Gasteiger partial charge < -0.3 is 9.80 Å². The third kappa shape index (κ3) is 3.58. The number of pyridine rings is 1. The molecule has 0 saturated carbocycles. The summed E-state index contributed by atoms with van der Waals surface area (Å²) in [4.78, 5) is 16.5. The van der Waals surface area contributed by atoms with Crippen LogP contribution < -0.4 is 9.80 Å². The van der Waals surface area contributed by atoms with Crippen LogP contribution in [0, 0.1) is 0 Å². The molecule has 2 aromatic heterocycles. The van der Waals surface area contributed by atoms with Crippen LogP contribution in [0.25, 0.3) is 10.9 Å². The Hall–Kier alpha value is -2.90. The summed E-state index contributed by atoms with van der Waals surface area (Å²) in [5.74, 6) is 0.128. The number of para-hydroxylation sites is 1. The van der Waals surface area contributed by atoms with Gasteiger partial charge in [-0.2, -0.15) is 13.2 Å². The van der Waals surface area contributed by atoms with Gasteiger partial charge in [-0.15, -0.1) is 0 Å². The summed E-state index contributed by atoms with van der Waals surface area (Å²) in [6, 6.07) is 11.0. The van der Waals surface area contributed by atoms with Crippen molar-refractivity contribution >= 4 is 22.5 Å². The number of alkyl halides is 3. The average molecular weight is 387 g/mol. The number of aryl methyl sites for hydroxylation is 1. The summed E-state index contributed by atoms with van der Waals surface area (Å²) in [7, 11) is 0. The fraction of sp³-hybridized carbons (Fsp3) is 0.350. The second kappa shape index (κ2) is 7.26. The summed E-state index contributed by atoms with van der Waals surface area (Å²) in [5.41, 5.74) is 2.19. The number of rotatable bonds is 3. The van der Waals surface area contributed by atoms with Crippen molar-refractivity contribution in [3.05, 3.63) is 54.0 Å². The molecule has 28 heavy (non-hydrogen) atoms. The fourth-order valence-corrected chi connectivity index (χ4v) is 3.46. The Bertz CT molecular complexity index is 981. The molecular weight excluding hydrogens is 367 g/mol. The van der Waals surface area contributed by atoms with Gasteiger partial charge in [-0.3, -0.25) is 4.98 Å². The van der Waals surface area contributed by atoms with E-state index in [-0.39, 0.29) is 5.95 Å². The lowest BCUT2D eigenvalue weighted by Crippen LogP contribution is -2.47. The van der Waals surface area contributed by atoms with Crippen LogP contribution in [0.15, 0.2) is 42.6 Å². The molecule has 0 unspecified atom stereocenters. The first-order valence-corrected chi connectivity index (χ1v) is 9.24. The lowest BCUT2D eigenvalue weighted by Gasteiger charge is -2.36. The summed E-state index contributed by atoms with van der Waals surface area (Å²) in [6.07, 6.45) is -2.46. The number of nitrogens with zero attached hydrogens (tertiary/aromatic N) is 5. The maximum atomic E-state index is 12.9. The zero-order valence-electron chi connectivity index (χ0n) is 15.4. The van der Waals surface area contributed by atoms with Crippen molar-refractivity contribution in [1.29, 1.82) is 0 Å². The van der Waals surface area contributed by atoms with Gasteiger partial charge in [0.05, 0.1) is 5.52 Å². The molecule has 0 aliphatic carbocycles. The van der Waals surface area contributed by atoms with Crippen molar-refractivity contribution in [2.45, 2.75) is 19.5 Å². The number of hydrogen-bond donors (Lipinski definition) is 0. The molecule has 1 aromatic carbocycles. The van der Waals surface area contributed by atoms with Crippen LogP contribution in [-0.2, 0) is 12.6 Å². The van der Waals surface area contributed by atoms with Crippen molar-refractivity contribution in [3.63, 3.8) is 0 Å². The Morgan fingerprint density at radius 1 is 0.964 bits per heavy atom. The quantitative estimate of drug-likeness (QED) is 0.681. The van der Waals surface area contributed by atoms with Crippen molar-refractivity contribution in [3.8, 4) is 0 Å². The monoisotopic (exact) mass is 387 g/mol. The molecule has 5 nitrogen and oxygen atoms in total. The van der Waals surface area contributed by atoms with Crippen molar-refractivity contribution in [2.24, 2.45) is 0 Å². The molecule has 1 aliphatic heterocycles. The Morgan fingerprint density at radius 3 is 2.39 bits per heavy atom. The highest BCUT2D eigenvalue weighted by atomic mass is 19.4. The number of piperazine rings is 1. The number of fused-ring (bicyclic) bond motifs is 1. The molecule has 0 bridgehead atoms. The van der Waals surface area contributed by atoms with Gasteiger partial charge in [-0.05, 0) is 24.6 Å². The van der Waals surface area contributed by atoms with Crippen LogP contribution in [0.2, 0.25) is 0 Å². The summed E-state index contributed by atoms with van der Waals surface area (Å²) in [6.45, 7) is 4.54. The summed E-state index contributed by atoms with van der Waals surface area (Å²) < 4.78 is 38.7. The fourth-order valence-electron chi connectivity index (χ4n) is 3.46. The molecule has 3 aromatic rings. The van der Waals surface area contributed by atoms with Crippen LogP contribution in [0.4, 0.5) is 24.8 Å². The maximum Gasteiger partial charge on any atom is 0.433 e. The second-order valence-corrected chi connectivity index (χ2v) is 6.72. The first-order chi connectivity index (χ1) is 13.5. The van der Waals surface area contributed by atoms with Crippen LogP contribution >= 0.6 is 0 Å². The SMILES string of the molecule is CCc1cc(N2CCN(c3nccc(C(F)(F)F)n3)CC2)c2ccccc2n1. The average Bonchev–Trinajstić information content (AvgIpc) is 2.72. The Kier molecular flexibility index (Phi) is 4.78. The molecule has 146 valence electrons. The molecule has 0 N–H and O–H groups in total. The number of aromatic nitrogens is 3. The van der Waals surface area contributed by atoms with E-state index in [1.165, 1.54) is 6.20 Å². The molecule has 1 saturated heterocycles. The minimum Gasteiger partial charge on any atom is -0.367 e. The first kappa shape index (κ1) is 18.5. The Balaban J connectivity index is 1.56.